The number of carbonyl (C=O) groups is 3. The van der Waals surface area contributed by atoms with Crippen LogP contribution in [0.15, 0.2) is 36.4 Å². The van der Waals surface area contributed by atoms with Crippen molar-refractivity contribution in [3.63, 3.8) is 0 Å². The molecular formula is C22H23ClN2O4. The fourth-order valence-electron chi connectivity index (χ4n) is 3.28. The highest BCUT2D eigenvalue weighted by atomic mass is 35.5. The van der Waals surface area contributed by atoms with Crippen LogP contribution >= 0.6 is 11.6 Å². The van der Waals surface area contributed by atoms with E-state index in [1.54, 1.807) is 23.1 Å². The summed E-state index contributed by atoms with van der Waals surface area (Å²) in [4.78, 5) is 38.6. The topological polar surface area (TPSA) is 75.7 Å². The number of carbonyl (C=O) groups excluding carboxylic acids is 3. The first kappa shape index (κ1) is 20.9. The zero-order valence-corrected chi connectivity index (χ0v) is 17.4. The number of halogens is 1. The molecule has 1 N–H and O–H groups in total. The van der Waals surface area contributed by atoms with Crippen LogP contribution in [0.4, 0.5) is 11.4 Å². The van der Waals surface area contributed by atoms with Gasteiger partial charge in [0, 0.05) is 29.4 Å². The molecule has 0 spiro atoms. The van der Waals surface area contributed by atoms with E-state index >= 15 is 0 Å². The highest BCUT2D eigenvalue weighted by Crippen LogP contribution is 2.29. The number of hydrogen-bond acceptors (Lipinski definition) is 4. The van der Waals surface area contributed by atoms with E-state index in [4.69, 9.17) is 16.3 Å². The van der Waals surface area contributed by atoms with E-state index in [0.29, 0.717) is 10.7 Å². The van der Waals surface area contributed by atoms with Crippen LogP contribution in [-0.2, 0) is 19.1 Å². The fraction of sp³-hybridized carbons (Fsp3) is 0.318. The van der Waals surface area contributed by atoms with Gasteiger partial charge in [0.05, 0.1) is 5.92 Å². The average Bonchev–Trinajstić information content (AvgIpc) is 3.06. The second-order valence-corrected chi connectivity index (χ2v) is 7.75. The van der Waals surface area contributed by atoms with Gasteiger partial charge in [-0.2, -0.15) is 0 Å². The van der Waals surface area contributed by atoms with Crippen LogP contribution in [0.3, 0.4) is 0 Å². The van der Waals surface area contributed by atoms with Gasteiger partial charge in [0.15, 0.2) is 6.61 Å². The molecule has 1 aliphatic heterocycles. The summed E-state index contributed by atoms with van der Waals surface area (Å²) in [5.41, 5.74) is 4.22. The molecule has 29 heavy (non-hydrogen) atoms. The molecule has 152 valence electrons. The number of nitrogens with zero attached hydrogens (tertiary/aromatic N) is 1. The van der Waals surface area contributed by atoms with Gasteiger partial charge in [-0.05, 0) is 55.7 Å². The van der Waals surface area contributed by atoms with Gasteiger partial charge in [0.2, 0.25) is 5.91 Å². The van der Waals surface area contributed by atoms with E-state index in [1.807, 2.05) is 39.0 Å². The van der Waals surface area contributed by atoms with Gasteiger partial charge in [-0.25, -0.2) is 0 Å². The Morgan fingerprint density at radius 1 is 1.14 bits per heavy atom. The zero-order chi connectivity index (χ0) is 21.1. The Balaban J connectivity index is 1.57. The maximum atomic E-state index is 12.4. The summed E-state index contributed by atoms with van der Waals surface area (Å²) >= 11 is 5.94. The van der Waals surface area contributed by atoms with Crippen molar-refractivity contribution in [3.05, 3.63) is 58.1 Å². The Bertz CT molecular complexity index is 973. The second-order valence-electron chi connectivity index (χ2n) is 7.31. The van der Waals surface area contributed by atoms with Gasteiger partial charge < -0.3 is 15.0 Å². The summed E-state index contributed by atoms with van der Waals surface area (Å²) in [5.74, 6) is -1.73. The third-order valence-electron chi connectivity index (χ3n) is 4.93. The number of benzene rings is 2. The normalized spacial score (nSPS) is 16.1. The maximum Gasteiger partial charge on any atom is 0.311 e. The third-order valence-corrected chi connectivity index (χ3v) is 5.17. The molecule has 0 unspecified atom stereocenters. The lowest BCUT2D eigenvalue weighted by Gasteiger charge is -2.19. The molecular weight excluding hydrogens is 392 g/mol. The molecule has 0 radical (unpaired) electrons. The highest BCUT2D eigenvalue weighted by Gasteiger charge is 2.36. The first-order chi connectivity index (χ1) is 13.7. The first-order valence-electron chi connectivity index (χ1n) is 9.35. The van der Waals surface area contributed by atoms with Crippen molar-refractivity contribution in [1.82, 2.24) is 0 Å². The SMILES string of the molecule is Cc1ccc(C)c(N2C[C@H](C(=O)OCC(=O)Nc3cc(Cl)ccc3C)CC2=O)c1. The number of nitrogens with one attached hydrogen (secondary N) is 1. The van der Waals surface area contributed by atoms with Crippen molar-refractivity contribution in [2.45, 2.75) is 27.2 Å². The van der Waals surface area contributed by atoms with Gasteiger partial charge in [-0.3, -0.25) is 14.4 Å². The fourth-order valence-corrected chi connectivity index (χ4v) is 3.45. The molecule has 0 saturated carbocycles. The lowest BCUT2D eigenvalue weighted by atomic mass is 10.1. The van der Waals surface area contributed by atoms with Crippen LogP contribution in [0.5, 0.6) is 0 Å². The number of hydrogen-bond donors (Lipinski definition) is 1. The molecule has 1 aliphatic rings. The van der Waals surface area contributed by atoms with Crippen LogP contribution in [-0.4, -0.2) is 30.9 Å². The Morgan fingerprint density at radius 2 is 1.86 bits per heavy atom. The third kappa shape index (κ3) is 4.95. The summed E-state index contributed by atoms with van der Waals surface area (Å²) < 4.78 is 5.15. The maximum absolute atomic E-state index is 12.4. The van der Waals surface area contributed by atoms with E-state index in [1.165, 1.54) is 0 Å². The summed E-state index contributed by atoms with van der Waals surface area (Å²) in [6.07, 6.45) is 0.0707. The van der Waals surface area contributed by atoms with Crippen LogP contribution in [0.25, 0.3) is 0 Å². The predicted molar refractivity (Wildman–Crippen MR) is 112 cm³/mol. The molecule has 1 saturated heterocycles. The average molecular weight is 415 g/mol. The number of aryl methyl sites for hydroxylation is 3. The standard InChI is InChI=1S/C22H23ClN2O4/c1-13-4-5-15(3)19(8-13)25-11-16(9-21(25)27)22(28)29-12-20(26)24-18-10-17(23)7-6-14(18)2/h4-8,10,16H,9,11-12H2,1-3H3,(H,24,26)/t16-/m1/s1. The molecule has 0 aliphatic carbocycles. The quantitative estimate of drug-likeness (QED) is 0.755. The largest absolute Gasteiger partial charge is 0.455 e. The number of rotatable bonds is 5. The summed E-state index contributed by atoms with van der Waals surface area (Å²) in [6, 6.07) is 11.0. The van der Waals surface area contributed by atoms with Crippen molar-refractivity contribution >= 4 is 40.8 Å². The number of ether oxygens (including phenoxy) is 1. The highest BCUT2D eigenvalue weighted by molar-refractivity contribution is 6.31. The second kappa shape index (κ2) is 8.66. The van der Waals surface area contributed by atoms with Gasteiger partial charge >= 0.3 is 5.97 Å². The molecule has 0 aromatic heterocycles. The van der Waals surface area contributed by atoms with Crippen molar-refractivity contribution in [2.24, 2.45) is 5.92 Å². The van der Waals surface area contributed by atoms with E-state index in [0.717, 1.165) is 22.4 Å². The van der Waals surface area contributed by atoms with Crippen molar-refractivity contribution in [2.75, 3.05) is 23.4 Å². The minimum atomic E-state index is -0.594. The smallest absolute Gasteiger partial charge is 0.311 e. The zero-order valence-electron chi connectivity index (χ0n) is 16.6. The van der Waals surface area contributed by atoms with Crippen LogP contribution < -0.4 is 10.2 Å². The summed E-state index contributed by atoms with van der Waals surface area (Å²) in [7, 11) is 0. The lowest BCUT2D eigenvalue weighted by molar-refractivity contribution is -0.151. The van der Waals surface area contributed by atoms with E-state index in [-0.39, 0.29) is 18.9 Å². The minimum absolute atomic E-state index is 0.0707. The lowest BCUT2D eigenvalue weighted by Crippen LogP contribution is -2.28. The Kier molecular flexibility index (Phi) is 6.23. The molecule has 1 fully saturated rings. The number of anilines is 2. The van der Waals surface area contributed by atoms with Gasteiger partial charge in [0.25, 0.3) is 5.91 Å². The number of esters is 1. The van der Waals surface area contributed by atoms with Gasteiger partial charge in [0.1, 0.15) is 0 Å². The van der Waals surface area contributed by atoms with Crippen LogP contribution in [0, 0.1) is 26.7 Å². The van der Waals surface area contributed by atoms with Gasteiger partial charge in [-0.15, -0.1) is 0 Å². The molecule has 2 aromatic carbocycles. The molecule has 6 nitrogen and oxygen atoms in total. The summed E-state index contributed by atoms with van der Waals surface area (Å²) in [5, 5.41) is 3.18. The van der Waals surface area contributed by atoms with E-state index in [2.05, 4.69) is 5.32 Å². The van der Waals surface area contributed by atoms with Crippen molar-refractivity contribution in [1.29, 1.82) is 0 Å². The molecule has 1 atom stereocenters. The van der Waals surface area contributed by atoms with Gasteiger partial charge in [-0.1, -0.05) is 29.8 Å². The molecule has 0 bridgehead atoms. The van der Waals surface area contributed by atoms with Crippen molar-refractivity contribution < 1.29 is 19.1 Å². The Hall–Kier alpha value is -2.86. The Labute approximate surface area is 174 Å². The minimum Gasteiger partial charge on any atom is -0.455 e. The predicted octanol–water partition coefficient (Wildman–Crippen LogP) is 3.80. The monoisotopic (exact) mass is 414 g/mol. The molecule has 2 amide bonds. The van der Waals surface area contributed by atoms with Crippen LogP contribution in [0.1, 0.15) is 23.1 Å². The summed E-state index contributed by atoms with van der Waals surface area (Å²) in [6.45, 7) is 5.55. The molecule has 3 rings (SSSR count). The molecule has 1 heterocycles. The Morgan fingerprint density at radius 3 is 2.62 bits per heavy atom. The van der Waals surface area contributed by atoms with Crippen molar-refractivity contribution in [3.8, 4) is 0 Å². The van der Waals surface area contributed by atoms with Crippen LogP contribution in [0.2, 0.25) is 5.02 Å². The van der Waals surface area contributed by atoms with E-state index in [9.17, 15) is 14.4 Å². The number of amides is 2. The van der Waals surface area contributed by atoms with E-state index < -0.39 is 24.4 Å². The molecule has 7 heteroatoms. The molecule has 2 aromatic rings. The first-order valence-corrected chi connectivity index (χ1v) is 9.72.